The molecule has 1 aliphatic carbocycles. The van der Waals surface area contributed by atoms with Gasteiger partial charge in [0.05, 0.1) is 0 Å². The Morgan fingerprint density at radius 2 is 1.92 bits per heavy atom. The number of thiophene rings is 1. The molecule has 1 aromatic heterocycles. The summed E-state index contributed by atoms with van der Waals surface area (Å²) in [6, 6.07) is 13.8. The van der Waals surface area contributed by atoms with E-state index in [9.17, 15) is 4.79 Å². The van der Waals surface area contributed by atoms with Crippen LogP contribution in [0.5, 0.6) is 0 Å². The van der Waals surface area contributed by atoms with Gasteiger partial charge < -0.3 is 4.74 Å². The van der Waals surface area contributed by atoms with Gasteiger partial charge in [-0.05, 0) is 43.8 Å². The zero-order valence-electron chi connectivity index (χ0n) is 13.8. The molecule has 2 aliphatic rings. The SMILES string of the molecule is CC1=C(C)C[C@@]2(N=C(c3ccccc3)OC2=O)[C@@H](c2cccs2)C1. The fourth-order valence-electron chi connectivity index (χ4n) is 3.62. The molecular weight excluding hydrogens is 318 g/mol. The number of hydrogen-bond donors (Lipinski definition) is 0. The van der Waals surface area contributed by atoms with Crippen LogP contribution in [0.1, 0.15) is 43.0 Å². The van der Waals surface area contributed by atoms with E-state index in [0.717, 1.165) is 12.0 Å². The summed E-state index contributed by atoms with van der Waals surface area (Å²) in [4.78, 5) is 19.0. The number of carbonyl (C=O) groups excluding carboxylic acids is 1. The lowest BCUT2D eigenvalue weighted by atomic mass is 9.70. The molecule has 1 spiro atoms. The summed E-state index contributed by atoms with van der Waals surface area (Å²) in [7, 11) is 0. The van der Waals surface area contributed by atoms with E-state index in [1.807, 2.05) is 36.4 Å². The van der Waals surface area contributed by atoms with E-state index in [1.165, 1.54) is 16.0 Å². The van der Waals surface area contributed by atoms with Gasteiger partial charge in [0.15, 0.2) is 5.54 Å². The normalized spacial score (nSPS) is 26.7. The van der Waals surface area contributed by atoms with Gasteiger partial charge in [-0.25, -0.2) is 9.79 Å². The molecule has 3 nitrogen and oxygen atoms in total. The maximum atomic E-state index is 12.9. The molecule has 4 rings (SSSR count). The van der Waals surface area contributed by atoms with Gasteiger partial charge in [0.1, 0.15) is 0 Å². The molecule has 0 bridgehead atoms. The Bertz CT molecular complexity index is 836. The van der Waals surface area contributed by atoms with Gasteiger partial charge >= 0.3 is 5.97 Å². The minimum atomic E-state index is -0.820. The number of nitrogens with zero attached hydrogens (tertiary/aromatic N) is 1. The molecule has 0 fully saturated rings. The van der Waals surface area contributed by atoms with E-state index < -0.39 is 5.54 Å². The Morgan fingerprint density at radius 1 is 1.12 bits per heavy atom. The fourth-order valence-corrected chi connectivity index (χ4v) is 4.53. The van der Waals surface area contributed by atoms with Gasteiger partial charge in [-0.15, -0.1) is 11.3 Å². The summed E-state index contributed by atoms with van der Waals surface area (Å²) < 4.78 is 5.65. The van der Waals surface area contributed by atoms with Crippen molar-refractivity contribution in [2.75, 3.05) is 0 Å². The molecule has 0 saturated heterocycles. The summed E-state index contributed by atoms with van der Waals surface area (Å²) in [5.74, 6) is 0.288. The summed E-state index contributed by atoms with van der Waals surface area (Å²) in [6.07, 6.45) is 1.49. The number of benzene rings is 1. The molecule has 0 unspecified atom stereocenters. The van der Waals surface area contributed by atoms with Crippen molar-refractivity contribution in [3.63, 3.8) is 0 Å². The highest BCUT2D eigenvalue weighted by Gasteiger charge is 2.54. The van der Waals surface area contributed by atoms with E-state index in [4.69, 9.17) is 9.73 Å². The molecule has 4 heteroatoms. The molecule has 2 aromatic rings. The summed E-state index contributed by atoms with van der Waals surface area (Å²) in [6.45, 7) is 4.26. The number of esters is 1. The highest BCUT2D eigenvalue weighted by molar-refractivity contribution is 7.10. The van der Waals surface area contributed by atoms with Gasteiger partial charge in [0, 0.05) is 22.8 Å². The highest BCUT2D eigenvalue weighted by atomic mass is 32.1. The molecular formula is C20H19NO2S. The van der Waals surface area contributed by atoms with Gasteiger partial charge in [-0.2, -0.15) is 0 Å². The summed E-state index contributed by atoms with van der Waals surface area (Å²) in [5.41, 5.74) is 2.64. The number of aliphatic imine (C=N–C) groups is 1. The molecule has 0 radical (unpaired) electrons. The first kappa shape index (κ1) is 15.3. The molecule has 0 amide bonds. The molecule has 2 heterocycles. The van der Waals surface area contributed by atoms with Crippen molar-refractivity contribution in [3.8, 4) is 0 Å². The Labute approximate surface area is 145 Å². The van der Waals surface area contributed by atoms with Crippen LogP contribution in [0.25, 0.3) is 0 Å². The van der Waals surface area contributed by atoms with Crippen LogP contribution in [0.3, 0.4) is 0 Å². The topological polar surface area (TPSA) is 38.7 Å². The first-order chi connectivity index (χ1) is 11.6. The second-order valence-electron chi connectivity index (χ2n) is 6.61. The van der Waals surface area contributed by atoms with Crippen molar-refractivity contribution < 1.29 is 9.53 Å². The number of hydrogen-bond acceptors (Lipinski definition) is 4. The minimum Gasteiger partial charge on any atom is -0.405 e. The maximum Gasteiger partial charge on any atom is 0.341 e. The predicted molar refractivity (Wildman–Crippen MR) is 96.5 cm³/mol. The van der Waals surface area contributed by atoms with Crippen LogP contribution in [0.2, 0.25) is 0 Å². The van der Waals surface area contributed by atoms with Gasteiger partial charge in [-0.1, -0.05) is 35.4 Å². The van der Waals surface area contributed by atoms with Crippen LogP contribution in [0, 0.1) is 0 Å². The molecule has 122 valence electrons. The second-order valence-corrected chi connectivity index (χ2v) is 7.59. The summed E-state index contributed by atoms with van der Waals surface area (Å²) >= 11 is 1.69. The lowest BCUT2D eigenvalue weighted by Gasteiger charge is -2.36. The average Bonchev–Trinajstić information content (AvgIpc) is 3.22. The van der Waals surface area contributed by atoms with Crippen LogP contribution in [-0.2, 0) is 9.53 Å². The van der Waals surface area contributed by atoms with Crippen molar-refractivity contribution in [2.24, 2.45) is 4.99 Å². The quantitative estimate of drug-likeness (QED) is 0.588. The fraction of sp³-hybridized carbons (Fsp3) is 0.300. The second kappa shape index (κ2) is 5.71. The largest absolute Gasteiger partial charge is 0.405 e. The third kappa shape index (κ3) is 2.33. The van der Waals surface area contributed by atoms with Crippen molar-refractivity contribution >= 4 is 23.2 Å². The van der Waals surface area contributed by atoms with E-state index in [-0.39, 0.29) is 11.9 Å². The van der Waals surface area contributed by atoms with Crippen molar-refractivity contribution in [3.05, 3.63) is 69.4 Å². The average molecular weight is 337 g/mol. The van der Waals surface area contributed by atoms with E-state index in [2.05, 4.69) is 25.3 Å². The summed E-state index contributed by atoms with van der Waals surface area (Å²) in [5, 5.41) is 2.06. The Balaban J connectivity index is 1.84. The number of cyclic esters (lactones) is 1. The lowest BCUT2D eigenvalue weighted by Crippen LogP contribution is -2.43. The first-order valence-electron chi connectivity index (χ1n) is 8.16. The molecule has 24 heavy (non-hydrogen) atoms. The third-order valence-corrected chi connectivity index (χ3v) is 6.09. The van der Waals surface area contributed by atoms with Crippen LogP contribution in [0.15, 0.2) is 64.0 Å². The van der Waals surface area contributed by atoms with Crippen molar-refractivity contribution in [2.45, 2.75) is 38.1 Å². The highest BCUT2D eigenvalue weighted by Crippen LogP contribution is 2.49. The Morgan fingerprint density at radius 3 is 2.62 bits per heavy atom. The van der Waals surface area contributed by atoms with Crippen LogP contribution < -0.4 is 0 Å². The monoisotopic (exact) mass is 337 g/mol. The van der Waals surface area contributed by atoms with E-state index in [0.29, 0.717) is 12.3 Å². The first-order valence-corrected chi connectivity index (χ1v) is 9.04. The van der Waals surface area contributed by atoms with Crippen LogP contribution in [-0.4, -0.2) is 17.4 Å². The molecule has 1 aromatic carbocycles. The van der Waals surface area contributed by atoms with E-state index in [1.54, 1.807) is 11.3 Å². The maximum absolute atomic E-state index is 12.9. The molecule has 2 atom stereocenters. The zero-order valence-corrected chi connectivity index (χ0v) is 14.6. The molecule has 1 aliphatic heterocycles. The molecule has 0 N–H and O–H groups in total. The third-order valence-electron chi connectivity index (χ3n) is 5.10. The number of ether oxygens (including phenoxy) is 1. The zero-order chi connectivity index (χ0) is 16.7. The van der Waals surface area contributed by atoms with Crippen LogP contribution >= 0.6 is 11.3 Å². The van der Waals surface area contributed by atoms with E-state index >= 15 is 0 Å². The minimum absolute atomic E-state index is 0.0508. The lowest BCUT2D eigenvalue weighted by molar-refractivity contribution is -0.140. The van der Waals surface area contributed by atoms with Crippen molar-refractivity contribution in [1.82, 2.24) is 0 Å². The van der Waals surface area contributed by atoms with Crippen LogP contribution in [0.4, 0.5) is 0 Å². The van der Waals surface area contributed by atoms with Gasteiger partial charge in [0.25, 0.3) is 0 Å². The Hall–Kier alpha value is -2.20. The predicted octanol–water partition coefficient (Wildman–Crippen LogP) is 4.70. The van der Waals surface area contributed by atoms with Crippen molar-refractivity contribution in [1.29, 1.82) is 0 Å². The number of carbonyl (C=O) groups is 1. The standard InChI is InChI=1S/C20H19NO2S/c1-13-11-16(17-9-6-10-24-17)20(12-14(13)2)19(22)23-18(21-20)15-7-4-3-5-8-15/h3-10,16H,11-12H2,1-2H3/t16-,20-/m1/s1. The number of allylic oxidation sites excluding steroid dienone is 1. The number of rotatable bonds is 2. The van der Waals surface area contributed by atoms with Gasteiger partial charge in [-0.3, -0.25) is 0 Å². The van der Waals surface area contributed by atoms with Gasteiger partial charge in [0.2, 0.25) is 5.90 Å². The smallest absolute Gasteiger partial charge is 0.341 e. The molecule has 0 saturated carbocycles. The Kier molecular flexibility index (Phi) is 3.65.